The molecule has 0 unspecified atom stereocenters. The summed E-state index contributed by atoms with van der Waals surface area (Å²) >= 11 is 0. The van der Waals surface area contributed by atoms with Crippen molar-refractivity contribution in [3.8, 4) is 0 Å². The van der Waals surface area contributed by atoms with E-state index in [0.29, 0.717) is 19.0 Å². The first-order valence-corrected chi connectivity index (χ1v) is 5.50. The summed E-state index contributed by atoms with van der Waals surface area (Å²) in [5, 5.41) is 0. The molecule has 1 atom stereocenters. The summed E-state index contributed by atoms with van der Waals surface area (Å²) < 4.78 is 5.55. The summed E-state index contributed by atoms with van der Waals surface area (Å²) in [5.74, 6) is 0.539. The Bertz CT molecular complexity index is 319. The fraction of sp³-hybridized carbons (Fsp3) is 0.462. The van der Waals surface area contributed by atoms with Crippen LogP contribution >= 0.6 is 0 Å². The predicted molar refractivity (Wildman–Crippen MR) is 58.4 cm³/mol. The highest BCUT2D eigenvalue weighted by Crippen LogP contribution is 2.21. The van der Waals surface area contributed by atoms with Gasteiger partial charge in [0.1, 0.15) is 5.78 Å². The van der Waals surface area contributed by atoms with Crippen molar-refractivity contribution in [1.29, 1.82) is 0 Å². The van der Waals surface area contributed by atoms with Crippen molar-refractivity contribution < 1.29 is 9.53 Å². The van der Waals surface area contributed by atoms with Gasteiger partial charge in [-0.3, -0.25) is 4.79 Å². The van der Waals surface area contributed by atoms with Gasteiger partial charge < -0.3 is 4.74 Å². The summed E-state index contributed by atoms with van der Waals surface area (Å²) in [6.45, 7) is 1.21. The van der Waals surface area contributed by atoms with E-state index in [4.69, 9.17) is 4.74 Å². The smallest absolute Gasteiger partial charge is 0.138 e. The molecule has 0 aromatic heterocycles. The number of ether oxygens (including phenoxy) is 1. The first-order chi connectivity index (χ1) is 7.36. The van der Waals surface area contributed by atoms with Gasteiger partial charge in [-0.15, -0.1) is 0 Å². The van der Waals surface area contributed by atoms with E-state index in [1.165, 1.54) is 5.56 Å². The number of benzene rings is 1. The van der Waals surface area contributed by atoms with Crippen molar-refractivity contribution in [2.45, 2.75) is 25.9 Å². The highest BCUT2D eigenvalue weighted by atomic mass is 16.5. The van der Waals surface area contributed by atoms with Crippen LogP contribution in [-0.4, -0.2) is 12.4 Å². The Hall–Kier alpha value is -1.15. The third-order valence-electron chi connectivity index (χ3n) is 2.86. The molecule has 0 saturated heterocycles. The molecule has 2 heteroatoms. The Morgan fingerprint density at radius 1 is 1.27 bits per heavy atom. The third kappa shape index (κ3) is 2.90. The van der Waals surface area contributed by atoms with Gasteiger partial charge >= 0.3 is 0 Å². The number of Topliss-reactive ketones (excluding diaryl/α,β-unsaturated/α-hetero) is 1. The molecule has 0 aliphatic heterocycles. The minimum absolute atomic E-state index is 0.161. The number of hydrogen-bond acceptors (Lipinski definition) is 2. The third-order valence-corrected chi connectivity index (χ3v) is 2.86. The van der Waals surface area contributed by atoms with Gasteiger partial charge in [-0.2, -0.15) is 0 Å². The molecule has 1 aliphatic carbocycles. The van der Waals surface area contributed by atoms with Crippen molar-refractivity contribution >= 4 is 5.78 Å². The van der Waals surface area contributed by atoms with Gasteiger partial charge in [-0.25, -0.2) is 0 Å². The quantitative estimate of drug-likeness (QED) is 0.753. The number of ketones is 1. The van der Waals surface area contributed by atoms with E-state index < -0.39 is 0 Å². The van der Waals surface area contributed by atoms with Crippen molar-refractivity contribution in [3.63, 3.8) is 0 Å². The SMILES string of the molecule is O=C1CCC[C@@H]1COCc1ccccc1. The van der Waals surface area contributed by atoms with Crippen molar-refractivity contribution in [3.05, 3.63) is 35.9 Å². The van der Waals surface area contributed by atoms with Crippen molar-refractivity contribution in [2.24, 2.45) is 5.92 Å². The highest BCUT2D eigenvalue weighted by Gasteiger charge is 2.24. The minimum atomic E-state index is 0.161. The molecule has 2 rings (SSSR count). The Morgan fingerprint density at radius 2 is 2.07 bits per heavy atom. The van der Waals surface area contributed by atoms with Gasteiger partial charge in [0.2, 0.25) is 0 Å². The molecule has 80 valence electrons. The maximum atomic E-state index is 11.3. The molecule has 0 heterocycles. The van der Waals surface area contributed by atoms with Gasteiger partial charge in [-0.05, 0) is 18.4 Å². The fourth-order valence-corrected chi connectivity index (χ4v) is 1.96. The summed E-state index contributed by atoms with van der Waals surface area (Å²) in [4.78, 5) is 11.3. The van der Waals surface area contributed by atoms with E-state index in [-0.39, 0.29) is 5.92 Å². The van der Waals surface area contributed by atoms with E-state index >= 15 is 0 Å². The molecule has 1 fully saturated rings. The van der Waals surface area contributed by atoms with Crippen LogP contribution in [-0.2, 0) is 16.1 Å². The minimum Gasteiger partial charge on any atom is -0.376 e. The highest BCUT2D eigenvalue weighted by molar-refractivity contribution is 5.82. The molecule has 0 radical (unpaired) electrons. The lowest BCUT2D eigenvalue weighted by Gasteiger charge is -2.08. The van der Waals surface area contributed by atoms with Crippen LogP contribution in [0.3, 0.4) is 0 Å². The average molecular weight is 204 g/mol. The summed E-state index contributed by atoms with van der Waals surface area (Å²) in [7, 11) is 0. The zero-order chi connectivity index (χ0) is 10.5. The molecule has 1 aromatic carbocycles. The predicted octanol–water partition coefficient (Wildman–Crippen LogP) is 2.57. The standard InChI is InChI=1S/C13H16O2/c14-13-8-4-7-12(13)10-15-9-11-5-2-1-3-6-11/h1-3,5-6,12H,4,7-10H2/t12-/m1/s1. The van der Waals surface area contributed by atoms with Gasteiger partial charge in [-0.1, -0.05) is 30.3 Å². The summed E-state index contributed by atoms with van der Waals surface area (Å²) in [6.07, 6.45) is 2.80. The van der Waals surface area contributed by atoms with Crippen LogP contribution in [0.4, 0.5) is 0 Å². The lowest BCUT2D eigenvalue weighted by Crippen LogP contribution is -2.13. The van der Waals surface area contributed by atoms with Gasteiger partial charge in [0.15, 0.2) is 0 Å². The summed E-state index contributed by atoms with van der Waals surface area (Å²) in [6, 6.07) is 10.1. The van der Waals surface area contributed by atoms with Gasteiger partial charge in [0.25, 0.3) is 0 Å². The molecular weight excluding hydrogens is 188 g/mol. The van der Waals surface area contributed by atoms with Crippen LogP contribution in [0.2, 0.25) is 0 Å². The second kappa shape index (κ2) is 5.08. The Balaban J connectivity index is 1.73. The Kier molecular flexibility index (Phi) is 3.51. The second-order valence-electron chi connectivity index (χ2n) is 4.06. The second-order valence-corrected chi connectivity index (χ2v) is 4.06. The first-order valence-electron chi connectivity index (χ1n) is 5.50. The van der Waals surface area contributed by atoms with Crippen LogP contribution in [0, 0.1) is 5.92 Å². The molecule has 1 saturated carbocycles. The largest absolute Gasteiger partial charge is 0.376 e. The number of carbonyl (C=O) groups excluding carboxylic acids is 1. The van der Waals surface area contributed by atoms with Crippen molar-refractivity contribution in [2.75, 3.05) is 6.61 Å². The number of hydrogen-bond donors (Lipinski definition) is 0. The van der Waals surface area contributed by atoms with Crippen LogP contribution in [0.5, 0.6) is 0 Å². The topological polar surface area (TPSA) is 26.3 Å². The monoisotopic (exact) mass is 204 g/mol. The Morgan fingerprint density at radius 3 is 2.73 bits per heavy atom. The molecular formula is C13H16O2. The lowest BCUT2D eigenvalue weighted by molar-refractivity contribution is -0.122. The van der Waals surface area contributed by atoms with E-state index in [2.05, 4.69) is 0 Å². The Labute approximate surface area is 90.3 Å². The van der Waals surface area contributed by atoms with Gasteiger partial charge in [0.05, 0.1) is 13.2 Å². The molecule has 1 aliphatic rings. The molecule has 1 aromatic rings. The van der Waals surface area contributed by atoms with Crippen LogP contribution < -0.4 is 0 Å². The molecule has 2 nitrogen and oxygen atoms in total. The summed E-state index contributed by atoms with van der Waals surface area (Å²) in [5.41, 5.74) is 1.17. The molecule has 0 N–H and O–H groups in total. The van der Waals surface area contributed by atoms with Crippen LogP contribution in [0.15, 0.2) is 30.3 Å². The molecule has 0 amide bonds. The lowest BCUT2D eigenvalue weighted by atomic mass is 10.1. The van der Waals surface area contributed by atoms with Gasteiger partial charge in [0, 0.05) is 12.3 Å². The van der Waals surface area contributed by atoms with E-state index in [1.807, 2.05) is 30.3 Å². The average Bonchev–Trinajstić information content (AvgIpc) is 2.66. The number of carbonyl (C=O) groups is 1. The molecule has 15 heavy (non-hydrogen) atoms. The van der Waals surface area contributed by atoms with E-state index in [9.17, 15) is 4.79 Å². The van der Waals surface area contributed by atoms with Crippen LogP contribution in [0.1, 0.15) is 24.8 Å². The zero-order valence-electron chi connectivity index (χ0n) is 8.82. The normalized spacial score (nSPS) is 20.8. The molecule has 0 bridgehead atoms. The maximum absolute atomic E-state index is 11.3. The van der Waals surface area contributed by atoms with Crippen LogP contribution in [0.25, 0.3) is 0 Å². The number of rotatable bonds is 4. The fourth-order valence-electron chi connectivity index (χ4n) is 1.96. The van der Waals surface area contributed by atoms with E-state index in [1.54, 1.807) is 0 Å². The maximum Gasteiger partial charge on any atom is 0.138 e. The molecule has 0 spiro atoms. The first kappa shape index (κ1) is 10.4. The van der Waals surface area contributed by atoms with Crippen molar-refractivity contribution in [1.82, 2.24) is 0 Å². The van der Waals surface area contributed by atoms with E-state index in [0.717, 1.165) is 19.3 Å². The zero-order valence-corrected chi connectivity index (χ0v) is 8.82.